The molecule has 2 nitrogen and oxygen atoms in total. The number of H-pyrrole nitrogens is 1. The van der Waals surface area contributed by atoms with Gasteiger partial charge in [-0.15, -0.1) is 0 Å². The van der Waals surface area contributed by atoms with Crippen molar-refractivity contribution in [2.45, 2.75) is 19.3 Å². The molecule has 1 aromatic heterocycles. The van der Waals surface area contributed by atoms with Gasteiger partial charge in [0.05, 0.1) is 5.56 Å². The lowest BCUT2D eigenvalue weighted by atomic mass is 10.1. The summed E-state index contributed by atoms with van der Waals surface area (Å²) in [5, 5.41) is 3.15. The van der Waals surface area contributed by atoms with Crippen molar-refractivity contribution in [1.29, 1.82) is 0 Å². The maximum atomic E-state index is 12.3. The normalized spacial score (nSPS) is 11.7. The van der Waals surface area contributed by atoms with Crippen molar-refractivity contribution in [3.05, 3.63) is 59.4 Å². The van der Waals surface area contributed by atoms with Gasteiger partial charge in [0.25, 0.3) is 0 Å². The molecule has 0 radical (unpaired) electrons. The van der Waals surface area contributed by atoms with E-state index in [0.717, 1.165) is 23.4 Å². The summed E-state index contributed by atoms with van der Waals surface area (Å²) in [6.45, 7) is 1.20. The van der Waals surface area contributed by atoms with E-state index in [4.69, 9.17) is 0 Å². The Morgan fingerprint density at radius 2 is 1.72 bits per heavy atom. The molecule has 0 fully saturated rings. The molecule has 5 heteroatoms. The Hall–Kier alpha value is -1.75. The maximum Gasteiger partial charge on any atom is 0.416 e. The highest BCUT2D eigenvalue weighted by atomic mass is 19.4. The summed E-state index contributed by atoms with van der Waals surface area (Å²) in [6.07, 6.45) is -2.44. The standard InChI is InChI=1S/C13H13F3N2/c14-13(15,16)11-5-3-10(4-6-11)8-17-9-12-2-1-7-18-12/h1-7,17-18H,8-9H2. The SMILES string of the molecule is FC(F)(F)c1ccc(CNCc2ccc[nH]2)cc1. The second-order valence-electron chi connectivity index (χ2n) is 3.99. The van der Waals surface area contributed by atoms with Crippen molar-refractivity contribution in [2.24, 2.45) is 0 Å². The zero-order valence-corrected chi connectivity index (χ0v) is 9.59. The maximum absolute atomic E-state index is 12.3. The number of aromatic nitrogens is 1. The van der Waals surface area contributed by atoms with Crippen LogP contribution >= 0.6 is 0 Å². The van der Waals surface area contributed by atoms with E-state index >= 15 is 0 Å². The molecule has 0 bridgehead atoms. The van der Waals surface area contributed by atoms with Crippen LogP contribution in [-0.4, -0.2) is 4.98 Å². The number of benzene rings is 1. The summed E-state index contributed by atoms with van der Waals surface area (Å²) in [6, 6.07) is 9.03. The third kappa shape index (κ3) is 3.37. The summed E-state index contributed by atoms with van der Waals surface area (Å²) >= 11 is 0. The lowest BCUT2D eigenvalue weighted by molar-refractivity contribution is -0.137. The third-order valence-corrected chi connectivity index (χ3v) is 2.59. The van der Waals surface area contributed by atoms with Crippen molar-refractivity contribution in [1.82, 2.24) is 10.3 Å². The Morgan fingerprint density at radius 3 is 2.28 bits per heavy atom. The van der Waals surface area contributed by atoms with E-state index < -0.39 is 11.7 Å². The van der Waals surface area contributed by atoms with Crippen LogP contribution in [0.15, 0.2) is 42.6 Å². The topological polar surface area (TPSA) is 27.8 Å². The minimum absolute atomic E-state index is 0.539. The molecule has 2 rings (SSSR count). The first-order valence-electron chi connectivity index (χ1n) is 5.55. The lowest BCUT2D eigenvalue weighted by Crippen LogP contribution is -2.13. The van der Waals surface area contributed by atoms with Crippen LogP contribution < -0.4 is 5.32 Å². The van der Waals surface area contributed by atoms with Crippen LogP contribution in [0.2, 0.25) is 0 Å². The summed E-state index contributed by atoms with van der Waals surface area (Å²) in [7, 11) is 0. The Morgan fingerprint density at radius 1 is 1.00 bits per heavy atom. The molecular weight excluding hydrogens is 241 g/mol. The fourth-order valence-electron chi connectivity index (χ4n) is 1.63. The average Bonchev–Trinajstić information content (AvgIpc) is 2.82. The zero-order chi connectivity index (χ0) is 13.0. The third-order valence-electron chi connectivity index (χ3n) is 2.59. The van der Waals surface area contributed by atoms with Gasteiger partial charge < -0.3 is 10.3 Å². The Bertz CT molecular complexity index is 472. The second-order valence-corrected chi connectivity index (χ2v) is 3.99. The number of halogens is 3. The highest BCUT2D eigenvalue weighted by molar-refractivity contribution is 5.24. The quantitative estimate of drug-likeness (QED) is 0.860. The number of nitrogens with one attached hydrogen (secondary N) is 2. The molecule has 2 N–H and O–H groups in total. The number of aromatic amines is 1. The summed E-state index contributed by atoms with van der Waals surface area (Å²) in [5.74, 6) is 0. The van der Waals surface area contributed by atoms with Crippen molar-refractivity contribution in [3.8, 4) is 0 Å². The Kier molecular flexibility index (Phi) is 3.72. The molecule has 1 heterocycles. The number of rotatable bonds is 4. The van der Waals surface area contributed by atoms with Crippen molar-refractivity contribution in [3.63, 3.8) is 0 Å². The largest absolute Gasteiger partial charge is 0.416 e. The predicted molar refractivity (Wildman–Crippen MR) is 62.8 cm³/mol. The highest BCUT2D eigenvalue weighted by Gasteiger charge is 2.29. The predicted octanol–water partition coefficient (Wildman–Crippen LogP) is 3.32. The monoisotopic (exact) mass is 254 g/mol. The molecule has 1 aromatic carbocycles. The van der Waals surface area contributed by atoms with Gasteiger partial charge in [-0.05, 0) is 29.8 Å². The molecule has 0 aliphatic rings. The van der Waals surface area contributed by atoms with E-state index in [1.54, 1.807) is 0 Å². The van der Waals surface area contributed by atoms with Gasteiger partial charge >= 0.3 is 6.18 Å². The molecule has 0 atom stereocenters. The molecule has 0 amide bonds. The summed E-state index contributed by atoms with van der Waals surface area (Å²) < 4.78 is 37.0. The Labute approximate surface area is 103 Å². The van der Waals surface area contributed by atoms with Gasteiger partial charge in [0, 0.05) is 25.0 Å². The van der Waals surface area contributed by atoms with E-state index in [9.17, 15) is 13.2 Å². The first kappa shape index (κ1) is 12.7. The van der Waals surface area contributed by atoms with E-state index in [1.165, 1.54) is 12.1 Å². The molecule has 0 aliphatic heterocycles. The van der Waals surface area contributed by atoms with Gasteiger partial charge in [-0.1, -0.05) is 12.1 Å². The number of alkyl halides is 3. The molecule has 0 spiro atoms. The summed E-state index contributed by atoms with van der Waals surface area (Å²) in [4.78, 5) is 3.04. The molecule has 0 saturated heterocycles. The van der Waals surface area contributed by atoms with Crippen LogP contribution in [-0.2, 0) is 19.3 Å². The number of hydrogen-bond acceptors (Lipinski definition) is 1. The van der Waals surface area contributed by atoms with Gasteiger partial charge in [-0.2, -0.15) is 13.2 Å². The summed E-state index contributed by atoms with van der Waals surface area (Å²) in [5.41, 5.74) is 1.26. The van der Waals surface area contributed by atoms with Gasteiger partial charge in [-0.3, -0.25) is 0 Å². The van der Waals surface area contributed by atoms with E-state index in [0.29, 0.717) is 13.1 Å². The molecular formula is C13H13F3N2. The van der Waals surface area contributed by atoms with Crippen LogP contribution in [0, 0.1) is 0 Å². The highest BCUT2D eigenvalue weighted by Crippen LogP contribution is 2.28. The van der Waals surface area contributed by atoms with Gasteiger partial charge in [0.1, 0.15) is 0 Å². The second kappa shape index (κ2) is 5.27. The smallest absolute Gasteiger partial charge is 0.364 e. The molecule has 18 heavy (non-hydrogen) atoms. The van der Waals surface area contributed by atoms with Crippen LogP contribution in [0.4, 0.5) is 13.2 Å². The lowest BCUT2D eigenvalue weighted by Gasteiger charge is -2.08. The van der Waals surface area contributed by atoms with E-state index in [-0.39, 0.29) is 0 Å². The van der Waals surface area contributed by atoms with Gasteiger partial charge in [0.2, 0.25) is 0 Å². The van der Waals surface area contributed by atoms with E-state index in [1.807, 2.05) is 18.3 Å². The van der Waals surface area contributed by atoms with Crippen LogP contribution in [0.1, 0.15) is 16.8 Å². The average molecular weight is 254 g/mol. The number of hydrogen-bond donors (Lipinski definition) is 2. The molecule has 0 aliphatic carbocycles. The minimum atomic E-state index is -4.27. The zero-order valence-electron chi connectivity index (χ0n) is 9.59. The first-order chi connectivity index (χ1) is 8.55. The first-order valence-corrected chi connectivity index (χ1v) is 5.55. The van der Waals surface area contributed by atoms with E-state index in [2.05, 4.69) is 10.3 Å². The molecule has 2 aromatic rings. The Balaban J connectivity index is 1.87. The van der Waals surface area contributed by atoms with Gasteiger partial charge in [-0.25, -0.2) is 0 Å². The van der Waals surface area contributed by atoms with Crippen molar-refractivity contribution < 1.29 is 13.2 Å². The van der Waals surface area contributed by atoms with Crippen LogP contribution in [0.3, 0.4) is 0 Å². The van der Waals surface area contributed by atoms with Gasteiger partial charge in [0.15, 0.2) is 0 Å². The van der Waals surface area contributed by atoms with Crippen molar-refractivity contribution in [2.75, 3.05) is 0 Å². The van der Waals surface area contributed by atoms with Crippen LogP contribution in [0.5, 0.6) is 0 Å². The molecule has 96 valence electrons. The fourth-order valence-corrected chi connectivity index (χ4v) is 1.63. The van der Waals surface area contributed by atoms with Crippen molar-refractivity contribution >= 4 is 0 Å². The van der Waals surface area contributed by atoms with Crippen LogP contribution in [0.25, 0.3) is 0 Å². The molecule has 0 saturated carbocycles. The fraction of sp³-hybridized carbons (Fsp3) is 0.231. The molecule has 0 unspecified atom stereocenters. The minimum Gasteiger partial charge on any atom is -0.364 e.